The minimum atomic E-state index is -0.666. The second-order valence-corrected chi connectivity index (χ2v) is 3.72. The predicted molar refractivity (Wildman–Crippen MR) is 62.0 cm³/mol. The standard InChI is InChI=1S/C13H14O4/c14-10(8-11-4-3-7-16-11)9-17-13-6-2-1-5-12(13)15/h1-7,10,14-15H,8-9H2. The molecule has 0 aliphatic heterocycles. The van der Waals surface area contributed by atoms with E-state index < -0.39 is 6.10 Å². The third-order valence-corrected chi connectivity index (χ3v) is 2.31. The number of phenols is 1. The van der Waals surface area contributed by atoms with Gasteiger partial charge in [-0.2, -0.15) is 0 Å². The van der Waals surface area contributed by atoms with Crippen LogP contribution in [0.4, 0.5) is 0 Å². The van der Waals surface area contributed by atoms with Gasteiger partial charge in [0.1, 0.15) is 12.4 Å². The largest absolute Gasteiger partial charge is 0.504 e. The van der Waals surface area contributed by atoms with E-state index in [9.17, 15) is 10.2 Å². The summed E-state index contributed by atoms with van der Waals surface area (Å²) in [5.74, 6) is 1.14. The van der Waals surface area contributed by atoms with E-state index in [1.807, 2.05) is 0 Å². The zero-order valence-corrected chi connectivity index (χ0v) is 9.24. The van der Waals surface area contributed by atoms with Gasteiger partial charge in [-0.3, -0.25) is 0 Å². The maximum absolute atomic E-state index is 9.71. The summed E-state index contributed by atoms with van der Waals surface area (Å²) in [6.45, 7) is 0.109. The maximum atomic E-state index is 9.71. The van der Waals surface area contributed by atoms with Crippen molar-refractivity contribution in [2.45, 2.75) is 12.5 Å². The fraction of sp³-hybridized carbons (Fsp3) is 0.231. The fourth-order valence-corrected chi connectivity index (χ4v) is 1.49. The molecule has 0 saturated heterocycles. The number of aliphatic hydroxyl groups is 1. The topological polar surface area (TPSA) is 62.8 Å². The Labute approximate surface area is 99.1 Å². The molecule has 4 nitrogen and oxygen atoms in total. The lowest BCUT2D eigenvalue weighted by Gasteiger charge is -2.11. The number of aromatic hydroxyl groups is 1. The molecule has 2 aromatic rings. The highest BCUT2D eigenvalue weighted by molar-refractivity contribution is 5.37. The highest BCUT2D eigenvalue weighted by atomic mass is 16.5. The Morgan fingerprint density at radius 1 is 1.18 bits per heavy atom. The average Bonchev–Trinajstić information content (AvgIpc) is 2.81. The van der Waals surface area contributed by atoms with Crippen molar-refractivity contribution in [2.75, 3.05) is 6.61 Å². The van der Waals surface area contributed by atoms with Crippen molar-refractivity contribution in [3.63, 3.8) is 0 Å². The quantitative estimate of drug-likeness (QED) is 0.830. The van der Waals surface area contributed by atoms with Crippen molar-refractivity contribution in [1.82, 2.24) is 0 Å². The van der Waals surface area contributed by atoms with E-state index in [-0.39, 0.29) is 12.4 Å². The molecule has 0 fully saturated rings. The second kappa shape index (κ2) is 5.41. The van der Waals surface area contributed by atoms with Crippen LogP contribution in [-0.2, 0) is 6.42 Å². The van der Waals surface area contributed by atoms with Crippen LogP contribution in [0.25, 0.3) is 0 Å². The lowest BCUT2D eigenvalue weighted by atomic mass is 10.2. The summed E-state index contributed by atoms with van der Waals surface area (Å²) in [7, 11) is 0. The molecule has 17 heavy (non-hydrogen) atoms. The van der Waals surface area contributed by atoms with E-state index >= 15 is 0 Å². The van der Waals surface area contributed by atoms with E-state index in [1.54, 1.807) is 36.6 Å². The third-order valence-electron chi connectivity index (χ3n) is 2.31. The van der Waals surface area contributed by atoms with Crippen LogP contribution in [0.2, 0.25) is 0 Å². The molecule has 90 valence electrons. The molecule has 0 aliphatic carbocycles. The van der Waals surface area contributed by atoms with Crippen molar-refractivity contribution in [3.8, 4) is 11.5 Å². The smallest absolute Gasteiger partial charge is 0.161 e. The van der Waals surface area contributed by atoms with Gasteiger partial charge in [-0.15, -0.1) is 0 Å². The van der Waals surface area contributed by atoms with Gasteiger partial charge in [0, 0.05) is 6.42 Å². The molecule has 0 saturated carbocycles. The molecule has 2 rings (SSSR count). The number of aliphatic hydroxyl groups excluding tert-OH is 1. The van der Waals surface area contributed by atoms with E-state index in [2.05, 4.69) is 0 Å². The van der Waals surface area contributed by atoms with Crippen LogP contribution in [0.5, 0.6) is 11.5 Å². The molecule has 1 heterocycles. The minimum Gasteiger partial charge on any atom is -0.504 e. The van der Waals surface area contributed by atoms with Crippen molar-refractivity contribution in [1.29, 1.82) is 0 Å². The van der Waals surface area contributed by atoms with Crippen molar-refractivity contribution >= 4 is 0 Å². The second-order valence-electron chi connectivity index (χ2n) is 3.72. The van der Waals surface area contributed by atoms with Crippen LogP contribution >= 0.6 is 0 Å². The zero-order valence-electron chi connectivity index (χ0n) is 9.24. The summed E-state index contributed by atoms with van der Waals surface area (Å²) in [6.07, 6.45) is 1.28. The molecular weight excluding hydrogens is 220 g/mol. The minimum absolute atomic E-state index is 0.0673. The Morgan fingerprint density at radius 3 is 2.71 bits per heavy atom. The van der Waals surface area contributed by atoms with E-state index in [0.717, 1.165) is 0 Å². The first-order chi connectivity index (χ1) is 8.25. The van der Waals surface area contributed by atoms with Gasteiger partial charge in [0.25, 0.3) is 0 Å². The predicted octanol–water partition coefficient (Wildman–Crippen LogP) is 1.97. The van der Waals surface area contributed by atoms with Crippen molar-refractivity contribution in [3.05, 3.63) is 48.4 Å². The number of phenolic OH excluding ortho intramolecular Hbond substituents is 1. The van der Waals surface area contributed by atoms with Crippen LogP contribution in [0.1, 0.15) is 5.76 Å². The van der Waals surface area contributed by atoms with Crippen LogP contribution in [0, 0.1) is 0 Å². The molecular formula is C13H14O4. The monoisotopic (exact) mass is 234 g/mol. The summed E-state index contributed by atoms with van der Waals surface area (Å²) in [5, 5.41) is 19.2. The Kier molecular flexibility index (Phi) is 3.67. The number of rotatable bonds is 5. The number of benzene rings is 1. The summed E-state index contributed by atoms with van der Waals surface area (Å²) >= 11 is 0. The third kappa shape index (κ3) is 3.26. The van der Waals surface area contributed by atoms with Crippen LogP contribution in [0.15, 0.2) is 47.1 Å². The summed E-state index contributed by atoms with van der Waals surface area (Å²) in [4.78, 5) is 0. The average molecular weight is 234 g/mol. The first kappa shape index (κ1) is 11.5. The van der Waals surface area contributed by atoms with Gasteiger partial charge in [-0.05, 0) is 24.3 Å². The SMILES string of the molecule is Oc1ccccc1OCC(O)Cc1ccco1. The van der Waals surface area contributed by atoms with Gasteiger partial charge in [0.05, 0.1) is 12.4 Å². The molecule has 0 aliphatic rings. The zero-order chi connectivity index (χ0) is 12.1. The molecule has 1 atom stereocenters. The summed E-state index contributed by atoms with van der Waals surface area (Å²) in [6, 6.07) is 10.2. The Hall–Kier alpha value is -1.94. The van der Waals surface area contributed by atoms with Gasteiger partial charge in [-0.25, -0.2) is 0 Å². The fourth-order valence-electron chi connectivity index (χ4n) is 1.49. The lowest BCUT2D eigenvalue weighted by Crippen LogP contribution is -2.19. The summed E-state index contributed by atoms with van der Waals surface area (Å²) in [5.41, 5.74) is 0. The molecule has 0 bridgehead atoms. The van der Waals surface area contributed by atoms with E-state index in [1.165, 1.54) is 6.07 Å². The first-order valence-electron chi connectivity index (χ1n) is 5.37. The summed E-state index contributed by atoms with van der Waals surface area (Å²) < 4.78 is 10.4. The Balaban J connectivity index is 1.84. The van der Waals surface area contributed by atoms with Gasteiger partial charge in [-0.1, -0.05) is 12.1 Å². The number of para-hydroxylation sites is 2. The van der Waals surface area contributed by atoms with Crippen molar-refractivity contribution in [2.24, 2.45) is 0 Å². The number of hydrogen-bond donors (Lipinski definition) is 2. The molecule has 1 unspecified atom stereocenters. The normalized spacial score (nSPS) is 12.3. The van der Waals surface area contributed by atoms with Gasteiger partial charge < -0.3 is 19.4 Å². The van der Waals surface area contributed by atoms with Gasteiger partial charge >= 0.3 is 0 Å². The number of hydrogen-bond acceptors (Lipinski definition) is 4. The first-order valence-corrected chi connectivity index (χ1v) is 5.37. The lowest BCUT2D eigenvalue weighted by molar-refractivity contribution is 0.101. The molecule has 2 N–H and O–H groups in total. The van der Waals surface area contributed by atoms with Crippen LogP contribution < -0.4 is 4.74 Å². The van der Waals surface area contributed by atoms with Crippen LogP contribution in [-0.4, -0.2) is 22.9 Å². The van der Waals surface area contributed by atoms with E-state index in [4.69, 9.17) is 9.15 Å². The number of ether oxygens (including phenoxy) is 1. The highest BCUT2D eigenvalue weighted by Gasteiger charge is 2.09. The van der Waals surface area contributed by atoms with Gasteiger partial charge in [0.2, 0.25) is 0 Å². The van der Waals surface area contributed by atoms with E-state index in [0.29, 0.717) is 17.9 Å². The van der Waals surface area contributed by atoms with Crippen molar-refractivity contribution < 1.29 is 19.4 Å². The molecule has 1 aromatic carbocycles. The highest BCUT2D eigenvalue weighted by Crippen LogP contribution is 2.24. The molecule has 0 radical (unpaired) electrons. The maximum Gasteiger partial charge on any atom is 0.161 e. The number of furan rings is 1. The Morgan fingerprint density at radius 2 is 2.00 bits per heavy atom. The van der Waals surface area contributed by atoms with Crippen LogP contribution in [0.3, 0.4) is 0 Å². The van der Waals surface area contributed by atoms with Gasteiger partial charge in [0.15, 0.2) is 11.5 Å². The molecule has 0 amide bonds. The molecule has 4 heteroatoms. The molecule has 1 aromatic heterocycles. The molecule has 0 spiro atoms. The Bertz CT molecular complexity index is 450.